The van der Waals surface area contributed by atoms with Crippen molar-refractivity contribution in [2.24, 2.45) is 16.7 Å². The van der Waals surface area contributed by atoms with Gasteiger partial charge in [-0.05, 0) is 35.1 Å². The number of benzene rings is 1. The first kappa shape index (κ1) is 15.0. The van der Waals surface area contributed by atoms with Crippen molar-refractivity contribution < 1.29 is 13.2 Å². The molecule has 2 rings (SSSR count). The fourth-order valence-electron chi connectivity index (χ4n) is 2.85. The van der Waals surface area contributed by atoms with Gasteiger partial charge in [0.05, 0.1) is 4.90 Å². The fraction of sp³-hybridized carbons (Fsp3) is 0.533. The van der Waals surface area contributed by atoms with Crippen LogP contribution in [0.4, 0.5) is 5.69 Å². The van der Waals surface area contributed by atoms with E-state index in [9.17, 15) is 13.2 Å². The molecule has 0 atom stereocenters. The highest BCUT2D eigenvalue weighted by Gasteiger charge is 2.68. The number of anilines is 1. The molecule has 0 bridgehead atoms. The first-order valence-corrected chi connectivity index (χ1v) is 8.48. The molecular formula is C15H21NO3S. The Morgan fingerprint density at radius 1 is 1.05 bits per heavy atom. The van der Waals surface area contributed by atoms with Crippen molar-refractivity contribution in [2.75, 3.05) is 11.6 Å². The van der Waals surface area contributed by atoms with E-state index in [1.807, 2.05) is 0 Å². The van der Waals surface area contributed by atoms with Gasteiger partial charge in [-0.25, -0.2) is 8.42 Å². The van der Waals surface area contributed by atoms with E-state index in [4.69, 9.17) is 0 Å². The molecule has 0 radical (unpaired) electrons. The van der Waals surface area contributed by atoms with Gasteiger partial charge in [0.15, 0.2) is 9.84 Å². The largest absolute Gasteiger partial charge is 0.326 e. The highest BCUT2D eigenvalue weighted by molar-refractivity contribution is 7.90. The van der Waals surface area contributed by atoms with Gasteiger partial charge in [-0.15, -0.1) is 0 Å². The zero-order chi connectivity index (χ0) is 15.3. The van der Waals surface area contributed by atoms with E-state index in [1.165, 1.54) is 12.1 Å². The van der Waals surface area contributed by atoms with E-state index < -0.39 is 9.84 Å². The van der Waals surface area contributed by atoms with Gasteiger partial charge in [-0.2, -0.15) is 0 Å². The Bertz CT molecular complexity index is 628. The lowest BCUT2D eigenvalue weighted by molar-refractivity contribution is -0.118. The summed E-state index contributed by atoms with van der Waals surface area (Å²) < 4.78 is 22.7. The number of nitrogens with one attached hydrogen (secondary N) is 1. The standard InChI is InChI=1S/C15H21NO3S/c1-14(2)12(15(14,3)4)13(17)16-10-6-8-11(9-7-10)20(5,18)19/h6-9,12H,1-5H3,(H,16,17). The molecular weight excluding hydrogens is 274 g/mol. The van der Waals surface area contributed by atoms with Crippen molar-refractivity contribution in [3.05, 3.63) is 24.3 Å². The van der Waals surface area contributed by atoms with Gasteiger partial charge in [0.2, 0.25) is 5.91 Å². The maximum Gasteiger partial charge on any atom is 0.228 e. The van der Waals surface area contributed by atoms with Gasteiger partial charge in [-0.1, -0.05) is 27.7 Å². The van der Waals surface area contributed by atoms with Crippen LogP contribution in [0.25, 0.3) is 0 Å². The molecule has 0 unspecified atom stereocenters. The lowest BCUT2D eigenvalue weighted by Crippen LogP contribution is -2.17. The van der Waals surface area contributed by atoms with E-state index in [-0.39, 0.29) is 27.6 Å². The fourth-order valence-corrected chi connectivity index (χ4v) is 3.48. The molecule has 1 amide bonds. The van der Waals surface area contributed by atoms with Crippen molar-refractivity contribution in [1.82, 2.24) is 0 Å². The van der Waals surface area contributed by atoms with E-state index >= 15 is 0 Å². The molecule has 1 aliphatic rings. The van der Waals surface area contributed by atoms with Gasteiger partial charge < -0.3 is 5.32 Å². The lowest BCUT2D eigenvalue weighted by atomic mass is 10.0. The number of rotatable bonds is 3. The second-order valence-electron chi connectivity index (χ2n) is 6.66. The smallest absolute Gasteiger partial charge is 0.228 e. The van der Waals surface area contributed by atoms with E-state index in [2.05, 4.69) is 33.0 Å². The zero-order valence-corrected chi connectivity index (χ0v) is 13.3. The van der Waals surface area contributed by atoms with Crippen molar-refractivity contribution in [1.29, 1.82) is 0 Å². The molecule has 1 N–H and O–H groups in total. The Kier molecular flexibility index (Phi) is 3.25. The molecule has 5 heteroatoms. The number of hydrogen-bond donors (Lipinski definition) is 1. The van der Waals surface area contributed by atoms with Crippen molar-refractivity contribution in [3.8, 4) is 0 Å². The van der Waals surface area contributed by atoms with Crippen LogP contribution in [0.3, 0.4) is 0 Å². The molecule has 4 nitrogen and oxygen atoms in total. The summed E-state index contributed by atoms with van der Waals surface area (Å²) in [5.74, 6) is -0.0308. The molecule has 1 aromatic rings. The van der Waals surface area contributed by atoms with Gasteiger partial charge in [0, 0.05) is 17.9 Å². The summed E-state index contributed by atoms with van der Waals surface area (Å²) >= 11 is 0. The van der Waals surface area contributed by atoms with Gasteiger partial charge in [0.25, 0.3) is 0 Å². The van der Waals surface area contributed by atoms with E-state index in [0.717, 1.165) is 6.26 Å². The van der Waals surface area contributed by atoms with E-state index in [0.29, 0.717) is 5.69 Å². The maximum atomic E-state index is 12.3. The van der Waals surface area contributed by atoms with Crippen LogP contribution >= 0.6 is 0 Å². The SMILES string of the molecule is CC1(C)C(C(=O)Nc2ccc(S(C)(=O)=O)cc2)C1(C)C. The maximum absolute atomic E-state index is 12.3. The number of carbonyl (C=O) groups excluding carboxylic acids is 1. The highest BCUT2D eigenvalue weighted by atomic mass is 32.2. The minimum Gasteiger partial charge on any atom is -0.326 e. The summed E-state index contributed by atoms with van der Waals surface area (Å²) in [7, 11) is -3.20. The third-order valence-corrected chi connectivity index (χ3v) is 5.96. The average molecular weight is 295 g/mol. The van der Waals surface area contributed by atoms with Crippen LogP contribution < -0.4 is 5.32 Å². The minimum atomic E-state index is -3.20. The third kappa shape index (κ3) is 2.35. The summed E-state index contributed by atoms with van der Waals surface area (Å²) in [5, 5.41) is 2.86. The van der Waals surface area contributed by atoms with E-state index in [1.54, 1.807) is 12.1 Å². The summed E-state index contributed by atoms with van der Waals surface area (Å²) in [6.45, 7) is 8.35. The number of sulfone groups is 1. The van der Waals surface area contributed by atoms with Crippen LogP contribution in [0.2, 0.25) is 0 Å². The van der Waals surface area contributed by atoms with Crippen LogP contribution in [-0.2, 0) is 14.6 Å². The first-order valence-electron chi connectivity index (χ1n) is 6.59. The van der Waals surface area contributed by atoms with Crippen molar-refractivity contribution in [3.63, 3.8) is 0 Å². The number of hydrogen-bond acceptors (Lipinski definition) is 3. The lowest BCUT2D eigenvalue weighted by Gasteiger charge is -2.07. The molecule has 1 fully saturated rings. The third-order valence-electron chi connectivity index (χ3n) is 4.83. The minimum absolute atomic E-state index is 0.00731. The van der Waals surface area contributed by atoms with Gasteiger partial charge >= 0.3 is 0 Å². The number of amides is 1. The summed E-state index contributed by atoms with van der Waals surface area (Å²) in [4.78, 5) is 12.5. The summed E-state index contributed by atoms with van der Waals surface area (Å²) in [6, 6.07) is 6.26. The second kappa shape index (κ2) is 4.32. The molecule has 1 aromatic carbocycles. The molecule has 0 aliphatic heterocycles. The summed E-state index contributed by atoms with van der Waals surface area (Å²) in [5.41, 5.74) is 0.606. The normalized spacial score (nSPS) is 20.4. The molecule has 1 aliphatic carbocycles. The topological polar surface area (TPSA) is 63.2 Å². The average Bonchev–Trinajstić information content (AvgIpc) is 2.68. The first-order chi connectivity index (χ1) is 8.98. The molecule has 0 heterocycles. The van der Waals surface area contributed by atoms with Crippen molar-refractivity contribution >= 4 is 21.4 Å². The molecule has 0 saturated heterocycles. The molecule has 110 valence electrons. The van der Waals surface area contributed by atoms with Crippen LogP contribution in [0.1, 0.15) is 27.7 Å². The summed E-state index contributed by atoms with van der Waals surface area (Å²) in [6.07, 6.45) is 1.16. The van der Waals surface area contributed by atoms with Crippen molar-refractivity contribution in [2.45, 2.75) is 32.6 Å². The zero-order valence-electron chi connectivity index (χ0n) is 12.5. The predicted molar refractivity (Wildman–Crippen MR) is 79.2 cm³/mol. The van der Waals surface area contributed by atoms with Crippen LogP contribution in [-0.4, -0.2) is 20.6 Å². The Balaban J connectivity index is 2.11. The van der Waals surface area contributed by atoms with Crippen LogP contribution in [0.15, 0.2) is 29.2 Å². The quantitative estimate of drug-likeness (QED) is 0.932. The Labute approximate surface area is 120 Å². The Morgan fingerprint density at radius 3 is 1.85 bits per heavy atom. The Hall–Kier alpha value is -1.36. The van der Waals surface area contributed by atoms with Gasteiger partial charge in [-0.3, -0.25) is 4.79 Å². The highest BCUT2D eigenvalue weighted by Crippen LogP contribution is 2.68. The molecule has 20 heavy (non-hydrogen) atoms. The molecule has 0 spiro atoms. The van der Waals surface area contributed by atoms with Gasteiger partial charge in [0.1, 0.15) is 0 Å². The molecule has 0 aromatic heterocycles. The van der Waals surface area contributed by atoms with Crippen LogP contribution in [0, 0.1) is 16.7 Å². The Morgan fingerprint density at radius 2 is 1.50 bits per heavy atom. The molecule has 1 saturated carbocycles. The number of carbonyl (C=O) groups is 1. The second-order valence-corrected chi connectivity index (χ2v) is 8.68. The van der Waals surface area contributed by atoms with Crippen LogP contribution in [0.5, 0.6) is 0 Å². The monoisotopic (exact) mass is 295 g/mol. The predicted octanol–water partition coefficient (Wildman–Crippen LogP) is 2.71.